The average Bonchev–Trinajstić information content (AvgIpc) is 4.00. The maximum atomic E-state index is 13.1. The molecule has 2 aromatic heterocycles. The Balaban J connectivity index is 0.00000129. The molecule has 2 aliphatic rings. The van der Waals surface area contributed by atoms with Crippen LogP contribution in [0.3, 0.4) is 0 Å². The molecular weight excluding hydrogens is 1120 g/mol. The molecule has 4 heterocycles. The molecule has 85 heavy (non-hydrogen) atoms. The summed E-state index contributed by atoms with van der Waals surface area (Å²) in [5.74, 6) is 11.7. The molecule has 0 saturated carbocycles. The van der Waals surface area contributed by atoms with E-state index in [-0.39, 0.29) is 67.4 Å². The van der Waals surface area contributed by atoms with Gasteiger partial charge in [-0.05, 0) is 167 Å². The number of nitrogens with one attached hydrogen (secondary N) is 1. The number of amides is 3. The van der Waals surface area contributed by atoms with Crippen LogP contribution in [0.25, 0.3) is 22.5 Å². The van der Waals surface area contributed by atoms with Crippen molar-refractivity contribution in [2.24, 2.45) is 14.1 Å². The molecule has 0 aliphatic carbocycles. The Morgan fingerprint density at radius 2 is 1.02 bits per heavy atom. The van der Waals surface area contributed by atoms with Crippen LogP contribution in [0.4, 0.5) is 21.0 Å². The number of anilines is 2. The fraction of sp³-hybridized carbons (Fsp3) is 0.397. The Morgan fingerprint density at radius 3 is 1.41 bits per heavy atom. The van der Waals surface area contributed by atoms with E-state index in [0.717, 1.165) is 53.5 Å². The van der Waals surface area contributed by atoms with E-state index in [4.69, 9.17) is 43.5 Å². The minimum absolute atomic E-state index is 0. The van der Waals surface area contributed by atoms with Crippen molar-refractivity contribution in [3.63, 3.8) is 0 Å². The first-order valence-electron chi connectivity index (χ1n) is 26.1. The number of aromatic hydroxyl groups is 2. The van der Waals surface area contributed by atoms with Gasteiger partial charge >= 0.3 is 37.0 Å². The van der Waals surface area contributed by atoms with Gasteiger partial charge in [0.1, 0.15) is 46.2 Å². The van der Waals surface area contributed by atoms with Crippen LogP contribution in [0, 0.1) is 37.5 Å². The maximum Gasteiger partial charge on any atom is 1.00 e. The third-order valence-electron chi connectivity index (χ3n) is 12.1. The van der Waals surface area contributed by atoms with Gasteiger partial charge in [0.25, 0.3) is 0 Å². The largest absolute Gasteiger partial charge is 1.00 e. The first-order chi connectivity index (χ1) is 37.7. The zero-order valence-electron chi connectivity index (χ0n) is 49.0. The standard InChI is InChI=1S/C30H34N4O4.C19H17N3O.C11H19NO4.CH2Cl2.2CH4.Li.2H2O/c1-20-9-16-26(35)24(18-20)27-22(19-33(5)32-27)13-10-21-11-14-23(15-12-21)31-28(36)25-8-6-7-17-34(25)29(37)38-30(2,3)4;1-13-3-10-18(23)17(11-13)19-15(12-22(2)21-19)7-4-14-5-8-16(20)9-6-14;1-11(2,3)16-10(15)12-7-5-4-6-8(12)9(13)14;2-1-3;;;;;/h9,11-12,14-16,18-19,25,35H,6-8,17H2,1-5H3,(H,31,36);3,5-6,8-12,23H,20H2,1-2H3;8H,4-7H2,1-3H3,(H,13,14);1H2;2*1H4;;2*1H2/q;;;;;;+1;;/p-1. The van der Waals surface area contributed by atoms with Crippen LogP contribution in [0.15, 0.2) is 97.3 Å². The van der Waals surface area contributed by atoms with Crippen molar-refractivity contribution in [2.45, 2.75) is 132 Å². The number of aromatic nitrogens is 4. The van der Waals surface area contributed by atoms with Crippen LogP contribution in [0.1, 0.15) is 128 Å². The molecule has 9 N–H and O–H groups in total. The van der Waals surface area contributed by atoms with Gasteiger partial charge < -0.3 is 46.8 Å². The van der Waals surface area contributed by atoms with Crippen molar-refractivity contribution in [2.75, 3.05) is 29.5 Å². The minimum Gasteiger partial charge on any atom is -0.870 e. The number of carboxylic acid groups (broad SMARTS) is 1. The van der Waals surface area contributed by atoms with Gasteiger partial charge in [0.15, 0.2) is 0 Å². The number of hydrogen-bond donors (Lipinski definition) is 5. The van der Waals surface area contributed by atoms with E-state index in [1.165, 1.54) is 9.80 Å². The number of nitrogen functional groups attached to an aromatic ring is 1. The van der Waals surface area contributed by atoms with Crippen LogP contribution >= 0.6 is 23.2 Å². The predicted octanol–water partition coefficient (Wildman–Crippen LogP) is 8.87. The van der Waals surface area contributed by atoms with E-state index < -0.39 is 41.4 Å². The van der Waals surface area contributed by atoms with Crippen LogP contribution in [0.2, 0.25) is 0 Å². The second-order valence-electron chi connectivity index (χ2n) is 21.2. The molecule has 2 unspecified atom stereocenters. The quantitative estimate of drug-likeness (QED) is 0.0467. The number of carbonyl (C=O) groups excluding carboxylic acids is 3. The molecule has 456 valence electrons. The maximum absolute atomic E-state index is 13.1. The normalized spacial score (nSPS) is 13.9. The molecule has 2 fully saturated rings. The monoisotopic (exact) mass is 1200 g/mol. The van der Waals surface area contributed by atoms with Gasteiger partial charge in [0.05, 0.1) is 16.5 Å². The van der Waals surface area contributed by atoms with Crippen LogP contribution in [-0.4, -0.2) is 121 Å². The van der Waals surface area contributed by atoms with E-state index in [1.807, 2.05) is 122 Å². The van der Waals surface area contributed by atoms with E-state index >= 15 is 0 Å². The van der Waals surface area contributed by atoms with Crippen molar-refractivity contribution in [1.29, 1.82) is 0 Å². The number of ether oxygens (including phenoxy) is 2. The van der Waals surface area contributed by atoms with E-state index in [0.29, 0.717) is 65.4 Å². The number of phenolic OH excluding ortho intramolecular Hbond substituents is 2. The summed E-state index contributed by atoms with van der Waals surface area (Å²) in [4.78, 5) is 51.3. The van der Waals surface area contributed by atoms with E-state index in [1.54, 1.807) is 54.4 Å². The molecule has 3 amide bonds. The molecule has 6 aromatic rings. The van der Waals surface area contributed by atoms with Gasteiger partial charge in [-0.2, -0.15) is 10.2 Å². The smallest absolute Gasteiger partial charge is 0.870 e. The summed E-state index contributed by atoms with van der Waals surface area (Å²) in [6.45, 7) is 15.7. The Bertz CT molecular complexity index is 3240. The second-order valence-corrected chi connectivity index (χ2v) is 22.0. The number of likely N-dealkylation sites (tertiary alicyclic amines) is 2. The summed E-state index contributed by atoms with van der Waals surface area (Å²) in [5.41, 5.74) is 13.6. The first-order valence-corrected chi connectivity index (χ1v) is 27.1. The molecule has 0 radical (unpaired) electrons. The number of aliphatic carboxylic acids is 1. The summed E-state index contributed by atoms with van der Waals surface area (Å²) >= 11 is 9.53. The third-order valence-corrected chi connectivity index (χ3v) is 12.1. The number of alkyl halides is 2. The molecular formula is C63H83Cl2LiN8O11. The number of phenols is 2. The number of nitrogens with zero attached hydrogens (tertiary/aromatic N) is 6. The number of aryl methyl sites for hydroxylation is 4. The van der Waals surface area contributed by atoms with Gasteiger partial charge in [0.2, 0.25) is 5.91 Å². The molecule has 4 aromatic carbocycles. The zero-order chi connectivity index (χ0) is 58.9. The summed E-state index contributed by atoms with van der Waals surface area (Å²) in [7, 11) is 3.65. The fourth-order valence-corrected chi connectivity index (χ4v) is 8.42. The van der Waals surface area contributed by atoms with Crippen molar-refractivity contribution in [3.05, 3.63) is 131 Å². The van der Waals surface area contributed by atoms with Gasteiger partial charge in [-0.1, -0.05) is 61.8 Å². The van der Waals surface area contributed by atoms with Crippen LogP contribution in [-0.2, 0) is 33.2 Å². The van der Waals surface area contributed by atoms with Crippen molar-refractivity contribution in [3.8, 4) is 57.7 Å². The van der Waals surface area contributed by atoms with E-state index in [2.05, 4.69) is 39.2 Å². The van der Waals surface area contributed by atoms with Crippen molar-refractivity contribution >= 4 is 58.6 Å². The first kappa shape index (κ1) is 77.4. The Labute approximate surface area is 523 Å². The molecule has 0 bridgehead atoms. The Morgan fingerprint density at radius 1 is 0.647 bits per heavy atom. The average molecular weight is 1210 g/mol. The summed E-state index contributed by atoms with van der Waals surface area (Å²) in [6, 6.07) is 24.2. The Kier molecular flexibility index (Phi) is 32.4. The molecule has 2 saturated heterocycles. The Hall–Kier alpha value is -7.60. The molecule has 8 rings (SSSR count). The second kappa shape index (κ2) is 35.6. The number of nitrogens with two attached hydrogens (primary N) is 1. The minimum atomic E-state index is -0.953. The van der Waals surface area contributed by atoms with Gasteiger partial charge in [-0.15, -0.1) is 23.2 Å². The van der Waals surface area contributed by atoms with Gasteiger partial charge in [-0.3, -0.25) is 24.0 Å². The number of hydrogen-bond acceptors (Lipinski definition) is 12. The number of carboxylic acids is 1. The summed E-state index contributed by atoms with van der Waals surface area (Å²) in [5, 5.41) is 41.5. The van der Waals surface area contributed by atoms with Crippen molar-refractivity contribution in [1.82, 2.24) is 29.4 Å². The summed E-state index contributed by atoms with van der Waals surface area (Å²) in [6.07, 6.45) is 7.19. The number of benzene rings is 4. The summed E-state index contributed by atoms with van der Waals surface area (Å²) < 4.78 is 14.1. The van der Waals surface area contributed by atoms with Gasteiger partial charge in [0, 0.05) is 73.2 Å². The van der Waals surface area contributed by atoms with Crippen molar-refractivity contribution < 1.29 is 73.8 Å². The molecule has 2 atom stereocenters. The molecule has 19 nitrogen and oxygen atoms in total. The number of rotatable bonds is 5. The number of piperidine rings is 2. The van der Waals surface area contributed by atoms with Crippen LogP contribution in [0.5, 0.6) is 11.5 Å². The van der Waals surface area contributed by atoms with E-state index in [9.17, 15) is 29.4 Å². The zero-order valence-corrected chi connectivity index (χ0v) is 50.5. The number of halogens is 2. The third kappa shape index (κ3) is 24.1. The van der Waals surface area contributed by atoms with Crippen LogP contribution < -0.4 is 29.9 Å². The molecule has 2 aliphatic heterocycles. The number of carbonyl (C=O) groups is 4. The molecule has 0 spiro atoms. The topological polar surface area (TPSA) is 289 Å². The predicted molar refractivity (Wildman–Crippen MR) is 332 cm³/mol. The fourth-order valence-electron chi connectivity index (χ4n) is 8.42. The molecule has 22 heteroatoms. The SMILES string of the molecule is C.C.CC(C)(C)OC(=O)N1CCCCC1C(=O)O.Cc1ccc(O)c(-c2nn(C)cc2C#Cc2ccc(N)cc2)c1.Cc1ccc(O)c(-c2nn(C)cc2C#Cc2ccc(NC(=O)C3CCCCN3C(=O)OC(C)(C)C)cc2)c1.ClCCl.O.[Li+].[OH-]. The van der Waals surface area contributed by atoms with Gasteiger partial charge in [-0.25, -0.2) is 14.4 Å².